The van der Waals surface area contributed by atoms with E-state index in [1.165, 1.54) is 5.56 Å². The standard InChI is InChI=1S/C17H18BrF3N4/c1-24(16-22-8-6-15(23-16)17(19,20)21)14-7-9-25(11-14)10-12-2-4-13(18)5-3-12/h2-6,8,14H,7,9-11H2,1H3. The van der Waals surface area contributed by atoms with Crippen LogP contribution >= 0.6 is 15.9 Å². The minimum atomic E-state index is -4.46. The van der Waals surface area contributed by atoms with Crippen molar-refractivity contribution in [2.45, 2.75) is 25.2 Å². The first-order chi connectivity index (χ1) is 11.8. The average molecular weight is 415 g/mol. The number of anilines is 1. The molecule has 1 saturated heterocycles. The van der Waals surface area contributed by atoms with Crippen LogP contribution in [-0.2, 0) is 12.7 Å². The first kappa shape index (κ1) is 18.1. The molecule has 3 rings (SSSR count). The second-order valence-electron chi connectivity index (χ2n) is 6.15. The molecule has 1 unspecified atom stereocenters. The van der Waals surface area contributed by atoms with E-state index in [2.05, 4.69) is 42.9 Å². The van der Waals surface area contributed by atoms with Gasteiger partial charge in [0, 0.05) is 43.4 Å². The Bertz CT molecular complexity index is 721. The molecule has 8 heteroatoms. The first-order valence-corrected chi connectivity index (χ1v) is 8.72. The number of likely N-dealkylation sites (tertiary alicyclic amines) is 1. The van der Waals surface area contributed by atoms with Gasteiger partial charge in [0.25, 0.3) is 0 Å². The van der Waals surface area contributed by atoms with Crippen molar-refractivity contribution in [2.75, 3.05) is 25.0 Å². The van der Waals surface area contributed by atoms with Crippen molar-refractivity contribution >= 4 is 21.9 Å². The fourth-order valence-corrected chi connectivity index (χ4v) is 3.22. The molecule has 1 aromatic heterocycles. The third-order valence-corrected chi connectivity index (χ3v) is 4.89. The first-order valence-electron chi connectivity index (χ1n) is 7.93. The molecule has 0 N–H and O–H groups in total. The van der Waals surface area contributed by atoms with Crippen LogP contribution in [0.15, 0.2) is 41.0 Å². The zero-order valence-electron chi connectivity index (χ0n) is 13.7. The number of benzene rings is 1. The molecule has 2 aromatic rings. The van der Waals surface area contributed by atoms with Crippen LogP contribution < -0.4 is 4.90 Å². The summed E-state index contributed by atoms with van der Waals surface area (Å²) in [7, 11) is 1.75. The van der Waals surface area contributed by atoms with E-state index in [1.807, 2.05) is 12.1 Å². The second-order valence-corrected chi connectivity index (χ2v) is 7.07. The molecule has 0 saturated carbocycles. The molecule has 134 valence electrons. The summed E-state index contributed by atoms with van der Waals surface area (Å²) in [5.74, 6) is 0.116. The molecule has 0 bridgehead atoms. The third-order valence-electron chi connectivity index (χ3n) is 4.36. The molecule has 1 aliphatic heterocycles. The van der Waals surface area contributed by atoms with Crippen molar-refractivity contribution in [3.05, 3.63) is 52.3 Å². The highest BCUT2D eigenvalue weighted by Crippen LogP contribution is 2.29. The summed E-state index contributed by atoms with van der Waals surface area (Å²) in [5.41, 5.74) is 0.302. The van der Waals surface area contributed by atoms with Crippen molar-refractivity contribution in [2.24, 2.45) is 0 Å². The van der Waals surface area contributed by atoms with Crippen LogP contribution in [0.2, 0.25) is 0 Å². The summed E-state index contributed by atoms with van der Waals surface area (Å²) in [6, 6.07) is 9.13. The zero-order chi connectivity index (χ0) is 18.0. The summed E-state index contributed by atoms with van der Waals surface area (Å²) in [6.45, 7) is 2.48. The number of hydrogen-bond donors (Lipinski definition) is 0. The molecule has 1 aliphatic rings. The van der Waals surface area contributed by atoms with E-state index in [-0.39, 0.29) is 12.0 Å². The van der Waals surface area contributed by atoms with E-state index < -0.39 is 11.9 Å². The van der Waals surface area contributed by atoms with E-state index >= 15 is 0 Å². The molecule has 0 spiro atoms. The molecule has 1 atom stereocenters. The van der Waals surface area contributed by atoms with Gasteiger partial charge >= 0.3 is 6.18 Å². The van der Waals surface area contributed by atoms with Crippen LogP contribution in [0.4, 0.5) is 19.1 Å². The molecule has 25 heavy (non-hydrogen) atoms. The van der Waals surface area contributed by atoms with Gasteiger partial charge in [0.1, 0.15) is 5.69 Å². The Morgan fingerprint density at radius 1 is 1.24 bits per heavy atom. The minimum absolute atomic E-state index is 0.0962. The highest BCUT2D eigenvalue weighted by Gasteiger charge is 2.34. The van der Waals surface area contributed by atoms with Crippen LogP contribution in [0, 0.1) is 0 Å². The van der Waals surface area contributed by atoms with Crippen molar-refractivity contribution in [3.63, 3.8) is 0 Å². The molecule has 1 fully saturated rings. The Kier molecular flexibility index (Phi) is 5.29. The zero-order valence-corrected chi connectivity index (χ0v) is 15.3. The van der Waals surface area contributed by atoms with E-state index in [4.69, 9.17) is 0 Å². The Hall–Kier alpha value is -1.67. The quantitative estimate of drug-likeness (QED) is 0.757. The lowest BCUT2D eigenvalue weighted by Gasteiger charge is -2.25. The van der Waals surface area contributed by atoms with Crippen molar-refractivity contribution in [3.8, 4) is 0 Å². The van der Waals surface area contributed by atoms with Crippen molar-refractivity contribution < 1.29 is 13.2 Å². The van der Waals surface area contributed by atoms with Crippen LogP contribution in [0.5, 0.6) is 0 Å². The predicted octanol–water partition coefficient (Wildman–Crippen LogP) is 3.97. The number of halogens is 4. The summed E-state index contributed by atoms with van der Waals surface area (Å²) in [5, 5.41) is 0. The molecule has 2 heterocycles. The van der Waals surface area contributed by atoms with Crippen LogP contribution in [-0.4, -0.2) is 41.0 Å². The Balaban J connectivity index is 1.64. The van der Waals surface area contributed by atoms with Gasteiger partial charge in [-0.25, -0.2) is 9.97 Å². The van der Waals surface area contributed by atoms with Gasteiger partial charge in [-0.15, -0.1) is 0 Å². The topological polar surface area (TPSA) is 32.3 Å². The fourth-order valence-electron chi connectivity index (χ4n) is 2.96. The van der Waals surface area contributed by atoms with Crippen LogP contribution in [0.1, 0.15) is 17.7 Å². The van der Waals surface area contributed by atoms with Crippen LogP contribution in [0.3, 0.4) is 0 Å². The second kappa shape index (κ2) is 7.29. The van der Waals surface area contributed by atoms with Gasteiger partial charge in [-0.05, 0) is 30.2 Å². The maximum atomic E-state index is 12.8. The number of hydrogen-bond acceptors (Lipinski definition) is 4. The normalized spacial score (nSPS) is 18.5. The SMILES string of the molecule is CN(c1nccc(C(F)(F)F)n1)C1CCN(Cc2ccc(Br)cc2)C1. The minimum Gasteiger partial charge on any atom is -0.340 e. The Morgan fingerprint density at radius 2 is 1.96 bits per heavy atom. The van der Waals surface area contributed by atoms with Gasteiger partial charge in [-0.2, -0.15) is 13.2 Å². The van der Waals surface area contributed by atoms with Gasteiger partial charge in [-0.3, -0.25) is 4.90 Å². The summed E-state index contributed by atoms with van der Waals surface area (Å²) in [6.07, 6.45) is -2.43. The van der Waals surface area contributed by atoms with Gasteiger partial charge in [-0.1, -0.05) is 28.1 Å². The monoisotopic (exact) mass is 414 g/mol. The number of likely N-dealkylation sites (N-methyl/N-ethyl adjacent to an activating group) is 1. The van der Waals surface area contributed by atoms with Gasteiger partial charge < -0.3 is 4.90 Å². The predicted molar refractivity (Wildman–Crippen MR) is 93.3 cm³/mol. The van der Waals surface area contributed by atoms with Gasteiger partial charge in [0.15, 0.2) is 0 Å². The summed E-state index contributed by atoms with van der Waals surface area (Å²) in [4.78, 5) is 11.7. The summed E-state index contributed by atoms with van der Waals surface area (Å²) < 4.78 is 39.5. The molecule has 0 radical (unpaired) electrons. The maximum Gasteiger partial charge on any atom is 0.433 e. The molecule has 1 aromatic carbocycles. The summed E-state index contributed by atoms with van der Waals surface area (Å²) >= 11 is 3.42. The van der Waals surface area contributed by atoms with Gasteiger partial charge in [0.05, 0.1) is 0 Å². The molecular formula is C17H18BrF3N4. The highest BCUT2D eigenvalue weighted by molar-refractivity contribution is 9.10. The lowest BCUT2D eigenvalue weighted by Crippen LogP contribution is -2.35. The number of aromatic nitrogens is 2. The number of alkyl halides is 3. The number of nitrogens with zero attached hydrogens (tertiary/aromatic N) is 4. The Morgan fingerprint density at radius 3 is 2.64 bits per heavy atom. The smallest absolute Gasteiger partial charge is 0.340 e. The fraction of sp³-hybridized carbons (Fsp3) is 0.412. The largest absolute Gasteiger partial charge is 0.433 e. The molecule has 0 aliphatic carbocycles. The van der Waals surface area contributed by atoms with Crippen molar-refractivity contribution in [1.82, 2.24) is 14.9 Å². The lowest BCUT2D eigenvalue weighted by atomic mass is 10.2. The molecule has 0 amide bonds. The van der Waals surface area contributed by atoms with E-state index in [0.29, 0.717) is 0 Å². The Labute approximate surface area is 152 Å². The maximum absolute atomic E-state index is 12.8. The van der Waals surface area contributed by atoms with E-state index in [9.17, 15) is 13.2 Å². The average Bonchev–Trinajstić information content (AvgIpc) is 3.04. The molecular weight excluding hydrogens is 397 g/mol. The number of rotatable bonds is 4. The lowest BCUT2D eigenvalue weighted by molar-refractivity contribution is -0.141. The van der Waals surface area contributed by atoms with Crippen LogP contribution in [0.25, 0.3) is 0 Å². The van der Waals surface area contributed by atoms with E-state index in [0.717, 1.165) is 42.8 Å². The van der Waals surface area contributed by atoms with Crippen molar-refractivity contribution in [1.29, 1.82) is 0 Å². The molecule has 4 nitrogen and oxygen atoms in total. The van der Waals surface area contributed by atoms with E-state index in [1.54, 1.807) is 11.9 Å². The highest BCUT2D eigenvalue weighted by atomic mass is 79.9. The third kappa shape index (κ3) is 4.49. The van der Waals surface area contributed by atoms with Gasteiger partial charge in [0.2, 0.25) is 5.95 Å².